The Bertz CT molecular complexity index is 691. The van der Waals surface area contributed by atoms with E-state index >= 15 is 0 Å². The van der Waals surface area contributed by atoms with E-state index in [1.165, 1.54) is 11.1 Å². The Balaban J connectivity index is 0.00000338. The van der Waals surface area contributed by atoms with Crippen LogP contribution in [0.3, 0.4) is 0 Å². The van der Waals surface area contributed by atoms with Crippen LogP contribution in [0.5, 0.6) is 0 Å². The molecule has 0 aliphatic rings. The lowest BCUT2D eigenvalue weighted by Gasteiger charge is -2.20. The van der Waals surface area contributed by atoms with E-state index in [0.717, 1.165) is 30.9 Å². The molecular formula is C21H31Cl2N3O. The van der Waals surface area contributed by atoms with E-state index in [-0.39, 0.29) is 30.7 Å². The first-order valence-corrected chi connectivity index (χ1v) is 9.03. The molecule has 150 valence electrons. The van der Waals surface area contributed by atoms with Crippen molar-refractivity contribution >= 4 is 36.4 Å². The molecule has 0 heterocycles. The van der Waals surface area contributed by atoms with E-state index < -0.39 is 0 Å². The molecular weight excluding hydrogens is 381 g/mol. The maximum absolute atomic E-state index is 12.2. The van der Waals surface area contributed by atoms with Gasteiger partial charge in [-0.15, -0.1) is 24.8 Å². The maximum atomic E-state index is 12.2. The van der Waals surface area contributed by atoms with Crippen molar-refractivity contribution in [2.75, 3.05) is 18.8 Å². The van der Waals surface area contributed by atoms with E-state index in [1.54, 1.807) is 0 Å². The van der Waals surface area contributed by atoms with Gasteiger partial charge in [0.2, 0.25) is 5.91 Å². The van der Waals surface area contributed by atoms with Gasteiger partial charge in [0.15, 0.2) is 0 Å². The molecule has 0 bridgehead atoms. The third kappa shape index (κ3) is 8.21. The molecule has 0 atom stereocenters. The van der Waals surface area contributed by atoms with Gasteiger partial charge in [-0.25, -0.2) is 0 Å². The Kier molecular flexibility index (Phi) is 12.6. The van der Waals surface area contributed by atoms with Crippen molar-refractivity contribution in [2.45, 2.75) is 39.8 Å². The highest BCUT2D eigenvalue weighted by molar-refractivity contribution is 5.85. The number of nitrogens with zero attached hydrogens (tertiary/aromatic N) is 1. The summed E-state index contributed by atoms with van der Waals surface area (Å²) in [5.74, 6) is 0.0564. The average molecular weight is 412 g/mol. The summed E-state index contributed by atoms with van der Waals surface area (Å²) in [6, 6.07) is 16.0. The third-order valence-corrected chi connectivity index (χ3v) is 4.56. The fraction of sp³-hybridized carbons (Fsp3) is 0.381. The highest BCUT2D eigenvalue weighted by Gasteiger charge is 2.08. The molecule has 0 radical (unpaired) electrons. The highest BCUT2D eigenvalue weighted by Crippen LogP contribution is 2.14. The van der Waals surface area contributed by atoms with E-state index in [2.05, 4.69) is 42.3 Å². The van der Waals surface area contributed by atoms with Gasteiger partial charge in [-0.05, 0) is 42.3 Å². The highest BCUT2D eigenvalue weighted by atomic mass is 35.5. The smallest absolute Gasteiger partial charge is 0.220 e. The minimum atomic E-state index is 0. The minimum absolute atomic E-state index is 0. The Morgan fingerprint density at radius 1 is 0.926 bits per heavy atom. The molecule has 0 aliphatic heterocycles. The number of aryl methyl sites for hydroxylation is 1. The summed E-state index contributed by atoms with van der Waals surface area (Å²) in [6.07, 6.45) is 1.12. The summed E-state index contributed by atoms with van der Waals surface area (Å²) in [7, 11) is 0. The summed E-state index contributed by atoms with van der Waals surface area (Å²) in [5, 5.41) is 3.04. The van der Waals surface area contributed by atoms with E-state index in [0.29, 0.717) is 19.4 Å². The van der Waals surface area contributed by atoms with Crippen LogP contribution >= 0.6 is 24.8 Å². The number of benzene rings is 2. The number of nitrogens with one attached hydrogen (secondary N) is 1. The SMILES string of the molecule is CCN(CC)Cc1ccccc1CNC(=O)CCc1ccccc1N.Cl.Cl. The summed E-state index contributed by atoms with van der Waals surface area (Å²) in [4.78, 5) is 14.6. The molecule has 3 N–H and O–H groups in total. The van der Waals surface area contributed by atoms with Crippen LogP contribution in [0.25, 0.3) is 0 Å². The number of anilines is 1. The number of rotatable bonds is 9. The van der Waals surface area contributed by atoms with Crippen LogP contribution in [-0.4, -0.2) is 23.9 Å². The van der Waals surface area contributed by atoms with Crippen molar-refractivity contribution in [3.63, 3.8) is 0 Å². The molecule has 0 saturated heterocycles. The van der Waals surface area contributed by atoms with Gasteiger partial charge in [-0.1, -0.05) is 56.3 Å². The molecule has 4 nitrogen and oxygen atoms in total. The summed E-state index contributed by atoms with van der Waals surface area (Å²) in [5.41, 5.74) is 10.2. The van der Waals surface area contributed by atoms with Crippen LogP contribution in [0.4, 0.5) is 5.69 Å². The lowest BCUT2D eigenvalue weighted by Crippen LogP contribution is -2.26. The quantitative estimate of drug-likeness (QED) is 0.607. The fourth-order valence-corrected chi connectivity index (χ4v) is 2.86. The van der Waals surface area contributed by atoms with Gasteiger partial charge in [0, 0.05) is 25.2 Å². The molecule has 2 rings (SSSR count). The summed E-state index contributed by atoms with van der Waals surface area (Å²) in [6.45, 7) is 7.87. The zero-order valence-corrected chi connectivity index (χ0v) is 17.7. The lowest BCUT2D eigenvalue weighted by atomic mass is 10.1. The Hall–Kier alpha value is -1.75. The van der Waals surface area contributed by atoms with E-state index in [9.17, 15) is 4.79 Å². The largest absolute Gasteiger partial charge is 0.399 e. The summed E-state index contributed by atoms with van der Waals surface area (Å²) >= 11 is 0. The first-order valence-electron chi connectivity index (χ1n) is 9.03. The molecule has 27 heavy (non-hydrogen) atoms. The Morgan fingerprint density at radius 2 is 1.48 bits per heavy atom. The van der Waals surface area contributed by atoms with Crippen LogP contribution < -0.4 is 11.1 Å². The second kappa shape index (κ2) is 13.4. The lowest BCUT2D eigenvalue weighted by molar-refractivity contribution is -0.121. The summed E-state index contributed by atoms with van der Waals surface area (Å²) < 4.78 is 0. The van der Waals surface area contributed by atoms with Gasteiger partial charge in [0.25, 0.3) is 0 Å². The number of halogens is 2. The zero-order chi connectivity index (χ0) is 18.1. The van der Waals surface area contributed by atoms with Crippen LogP contribution in [0, 0.1) is 0 Å². The molecule has 2 aromatic rings. The van der Waals surface area contributed by atoms with Gasteiger partial charge in [0.1, 0.15) is 0 Å². The number of para-hydroxylation sites is 1. The zero-order valence-electron chi connectivity index (χ0n) is 16.1. The minimum Gasteiger partial charge on any atom is -0.399 e. The van der Waals surface area contributed by atoms with Crippen molar-refractivity contribution in [2.24, 2.45) is 0 Å². The molecule has 0 fully saturated rings. The molecule has 1 amide bonds. The predicted molar refractivity (Wildman–Crippen MR) is 119 cm³/mol. The van der Waals surface area contributed by atoms with E-state index in [1.807, 2.05) is 30.3 Å². The van der Waals surface area contributed by atoms with Gasteiger partial charge < -0.3 is 11.1 Å². The van der Waals surface area contributed by atoms with Gasteiger partial charge in [0.05, 0.1) is 0 Å². The monoisotopic (exact) mass is 411 g/mol. The average Bonchev–Trinajstić information content (AvgIpc) is 2.64. The van der Waals surface area contributed by atoms with E-state index in [4.69, 9.17) is 5.73 Å². The van der Waals surface area contributed by atoms with Crippen LogP contribution in [0.1, 0.15) is 37.0 Å². The topological polar surface area (TPSA) is 58.4 Å². The van der Waals surface area contributed by atoms with Crippen LogP contribution in [0.2, 0.25) is 0 Å². The third-order valence-electron chi connectivity index (χ3n) is 4.56. The number of hydrogen-bond donors (Lipinski definition) is 2. The second-order valence-electron chi connectivity index (χ2n) is 6.21. The van der Waals surface area contributed by atoms with Crippen molar-refractivity contribution in [1.82, 2.24) is 10.2 Å². The van der Waals surface area contributed by atoms with Crippen molar-refractivity contribution in [3.8, 4) is 0 Å². The Morgan fingerprint density at radius 3 is 2.07 bits per heavy atom. The fourth-order valence-electron chi connectivity index (χ4n) is 2.86. The first-order chi connectivity index (χ1) is 12.1. The number of hydrogen-bond acceptors (Lipinski definition) is 3. The maximum Gasteiger partial charge on any atom is 0.220 e. The Labute approximate surface area is 175 Å². The van der Waals surface area contributed by atoms with Gasteiger partial charge in [-0.2, -0.15) is 0 Å². The number of amides is 1. The van der Waals surface area contributed by atoms with Gasteiger partial charge >= 0.3 is 0 Å². The number of nitrogen functional groups attached to an aromatic ring is 1. The van der Waals surface area contributed by atoms with Gasteiger partial charge in [-0.3, -0.25) is 9.69 Å². The molecule has 0 saturated carbocycles. The standard InChI is InChI=1S/C21H29N3O.2ClH/c1-3-24(4-2)16-19-11-6-5-10-18(19)15-23-21(25)14-13-17-9-7-8-12-20(17)22;;/h5-12H,3-4,13-16,22H2,1-2H3,(H,23,25);2*1H. The normalized spacial score (nSPS) is 10.0. The van der Waals surface area contributed by atoms with Crippen molar-refractivity contribution < 1.29 is 4.79 Å². The van der Waals surface area contributed by atoms with Crippen LogP contribution in [0.15, 0.2) is 48.5 Å². The molecule has 0 unspecified atom stereocenters. The molecule has 0 aliphatic carbocycles. The second-order valence-corrected chi connectivity index (χ2v) is 6.21. The van der Waals surface area contributed by atoms with Crippen LogP contribution in [-0.2, 0) is 24.3 Å². The number of carbonyl (C=O) groups is 1. The molecule has 0 spiro atoms. The predicted octanol–water partition coefficient (Wildman–Crippen LogP) is 4.20. The first kappa shape index (κ1) is 25.2. The van der Waals surface area contributed by atoms with Crippen molar-refractivity contribution in [1.29, 1.82) is 0 Å². The molecule has 2 aromatic carbocycles. The number of nitrogens with two attached hydrogens (primary N) is 1. The molecule has 6 heteroatoms. The number of carbonyl (C=O) groups excluding carboxylic acids is 1. The molecule has 0 aromatic heterocycles. The van der Waals surface area contributed by atoms with Crippen molar-refractivity contribution in [3.05, 3.63) is 65.2 Å².